The number of nitrogens with one attached hydrogen (secondary N) is 2. The van der Waals surface area contributed by atoms with Crippen molar-refractivity contribution in [1.82, 2.24) is 4.98 Å². The Morgan fingerprint density at radius 3 is 2.50 bits per heavy atom. The zero-order chi connectivity index (χ0) is 20.3. The van der Waals surface area contributed by atoms with Gasteiger partial charge in [0, 0.05) is 17.4 Å². The van der Waals surface area contributed by atoms with Gasteiger partial charge in [-0.3, -0.25) is 9.52 Å². The van der Waals surface area contributed by atoms with E-state index in [0.29, 0.717) is 0 Å². The fourth-order valence-corrected chi connectivity index (χ4v) is 3.84. The smallest absolute Gasteiger partial charge is 0.263 e. The van der Waals surface area contributed by atoms with Crippen molar-refractivity contribution in [3.8, 4) is 5.75 Å². The summed E-state index contributed by atoms with van der Waals surface area (Å²) in [5.41, 5.74) is 0.111. The van der Waals surface area contributed by atoms with Gasteiger partial charge in [0.2, 0.25) is 0 Å². The van der Waals surface area contributed by atoms with E-state index in [1.54, 1.807) is 0 Å². The van der Waals surface area contributed by atoms with Gasteiger partial charge in [0.25, 0.3) is 15.9 Å². The standard InChI is InChI=1S/C18H13ClFN3O4S/c19-14-8-3-11(18(25)22-17-15(24)2-1-9-21-17)10-16(14)28(26,27)23-13-6-4-12(20)5-7-13/h1-10,23-24H,(H,21,22,25). The molecular formula is C18H13ClFN3O4S. The van der Waals surface area contributed by atoms with Gasteiger partial charge in [-0.2, -0.15) is 0 Å². The normalized spacial score (nSPS) is 11.1. The Morgan fingerprint density at radius 2 is 1.82 bits per heavy atom. The number of sulfonamides is 1. The summed E-state index contributed by atoms with van der Waals surface area (Å²) in [6.07, 6.45) is 1.37. The lowest BCUT2D eigenvalue weighted by Crippen LogP contribution is -2.17. The van der Waals surface area contributed by atoms with Crippen LogP contribution in [0, 0.1) is 5.82 Å². The van der Waals surface area contributed by atoms with Gasteiger partial charge in [-0.1, -0.05) is 11.6 Å². The number of nitrogens with zero attached hydrogens (tertiary/aromatic N) is 1. The van der Waals surface area contributed by atoms with Crippen LogP contribution < -0.4 is 10.0 Å². The molecule has 144 valence electrons. The molecule has 0 aliphatic carbocycles. The largest absolute Gasteiger partial charge is 0.504 e. The Balaban J connectivity index is 1.89. The molecule has 3 N–H and O–H groups in total. The molecule has 10 heteroatoms. The van der Waals surface area contributed by atoms with Crippen LogP contribution in [0.15, 0.2) is 65.7 Å². The third kappa shape index (κ3) is 4.38. The molecule has 0 fully saturated rings. The molecule has 0 aliphatic rings. The highest BCUT2D eigenvalue weighted by Crippen LogP contribution is 2.26. The van der Waals surface area contributed by atoms with Crippen molar-refractivity contribution in [1.29, 1.82) is 0 Å². The van der Waals surface area contributed by atoms with Crippen molar-refractivity contribution in [2.75, 3.05) is 10.0 Å². The predicted octanol–water partition coefficient (Wildman–Crippen LogP) is 3.63. The van der Waals surface area contributed by atoms with Crippen LogP contribution in [-0.2, 0) is 10.0 Å². The maximum Gasteiger partial charge on any atom is 0.263 e. The zero-order valence-corrected chi connectivity index (χ0v) is 15.6. The lowest BCUT2D eigenvalue weighted by Gasteiger charge is -2.11. The number of anilines is 2. The number of benzene rings is 2. The van der Waals surface area contributed by atoms with E-state index in [1.807, 2.05) is 0 Å². The van der Waals surface area contributed by atoms with Crippen LogP contribution in [0.3, 0.4) is 0 Å². The van der Waals surface area contributed by atoms with Crippen molar-refractivity contribution >= 4 is 39.0 Å². The number of hydrogen-bond donors (Lipinski definition) is 3. The quantitative estimate of drug-likeness (QED) is 0.583. The minimum atomic E-state index is -4.14. The first-order valence-electron chi connectivity index (χ1n) is 7.79. The second-order valence-electron chi connectivity index (χ2n) is 5.58. The lowest BCUT2D eigenvalue weighted by atomic mass is 10.2. The summed E-state index contributed by atoms with van der Waals surface area (Å²) in [6, 6.07) is 11.2. The van der Waals surface area contributed by atoms with E-state index in [1.165, 1.54) is 42.6 Å². The van der Waals surface area contributed by atoms with Crippen LogP contribution in [0.1, 0.15) is 10.4 Å². The average molecular weight is 422 g/mol. The molecule has 1 aromatic heterocycles. The first kappa shape index (κ1) is 19.6. The number of halogens is 2. The van der Waals surface area contributed by atoms with Crippen molar-refractivity contribution in [2.45, 2.75) is 4.90 Å². The number of aromatic hydroxyl groups is 1. The molecule has 0 saturated heterocycles. The maximum atomic E-state index is 13.0. The van der Waals surface area contributed by atoms with E-state index >= 15 is 0 Å². The molecule has 0 bridgehead atoms. The molecule has 0 aliphatic heterocycles. The summed E-state index contributed by atoms with van der Waals surface area (Å²) in [4.78, 5) is 15.9. The average Bonchev–Trinajstić information content (AvgIpc) is 2.65. The van der Waals surface area contributed by atoms with Gasteiger partial charge in [0.05, 0.1) is 5.02 Å². The van der Waals surface area contributed by atoms with E-state index in [9.17, 15) is 22.7 Å². The van der Waals surface area contributed by atoms with Gasteiger partial charge < -0.3 is 10.4 Å². The number of amides is 1. The molecule has 3 rings (SSSR count). The Kier molecular flexibility index (Phi) is 5.48. The number of hydrogen-bond acceptors (Lipinski definition) is 5. The van der Waals surface area contributed by atoms with Crippen molar-refractivity contribution in [3.05, 3.63) is 77.2 Å². The molecule has 28 heavy (non-hydrogen) atoms. The molecule has 0 atom stereocenters. The molecular weight excluding hydrogens is 409 g/mol. The van der Waals surface area contributed by atoms with Crippen molar-refractivity contribution in [3.63, 3.8) is 0 Å². The second-order valence-corrected chi connectivity index (χ2v) is 7.64. The highest BCUT2D eigenvalue weighted by atomic mass is 35.5. The Labute approximate surface area is 164 Å². The summed E-state index contributed by atoms with van der Waals surface area (Å²) in [5, 5.41) is 12.0. The van der Waals surface area contributed by atoms with E-state index in [4.69, 9.17) is 11.6 Å². The topological polar surface area (TPSA) is 108 Å². The molecule has 0 radical (unpaired) electrons. The van der Waals surface area contributed by atoms with Gasteiger partial charge in [0.15, 0.2) is 11.6 Å². The van der Waals surface area contributed by atoms with Gasteiger partial charge >= 0.3 is 0 Å². The molecule has 0 spiro atoms. The number of aromatic nitrogens is 1. The van der Waals surface area contributed by atoms with Gasteiger partial charge in [-0.05, 0) is 54.6 Å². The number of carbonyl (C=O) groups is 1. The van der Waals surface area contributed by atoms with E-state index in [-0.39, 0.29) is 32.7 Å². The third-order valence-electron chi connectivity index (χ3n) is 3.60. The minimum absolute atomic E-state index is 0.0195. The molecule has 1 heterocycles. The zero-order valence-electron chi connectivity index (χ0n) is 14.1. The van der Waals surface area contributed by atoms with Crippen LogP contribution >= 0.6 is 11.6 Å². The molecule has 2 aromatic carbocycles. The van der Waals surface area contributed by atoms with Gasteiger partial charge in [0.1, 0.15) is 10.7 Å². The van der Waals surface area contributed by atoms with Crippen LogP contribution in [-0.4, -0.2) is 24.4 Å². The van der Waals surface area contributed by atoms with E-state index in [0.717, 1.165) is 18.2 Å². The second kappa shape index (κ2) is 7.83. The summed E-state index contributed by atoms with van der Waals surface area (Å²) in [7, 11) is -4.14. The van der Waals surface area contributed by atoms with E-state index in [2.05, 4.69) is 15.0 Å². The molecule has 0 saturated carbocycles. The van der Waals surface area contributed by atoms with Crippen LogP contribution in [0.2, 0.25) is 5.02 Å². The Bertz CT molecular complexity index is 1140. The number of carbonyl (C=O) groups excluding carboxylic acids is 1. The first-order chi connectivity index (χ1) is 13.3. The summed E-state index contributed by atoms with van der Waals surface area (Å²) in [6.45, 7) is 0. The SMILES string of the molecule is O=C(Nc1ncccc1O)c1ccc(Cl)c(S(=O)(=O)Nc2ccc(F)cc2)c1. The third-order valence-corrected chi connectivity index (χ3v) is 5.46. The van der Waals surface area contributed by atoms with Gasteiger partial charge in [-0.25, -0.2) is 17.8 Å². The molecule has 1 amide bonds. The van der Waals surface area contributed by atoms with Crippen LogP contribution in [0.5, 0.6) is 5.75 Å². The Morgan fingerprint density at radius 1 is 1.11 bits per heavy atom. The number of rotatable bonds is 5. The van der Waals surface area contributed by atoms with E-state index < -0.39 is 21.7 Å². The van der Waals surface area contributed by atoms with Crippen LogP contribution in [0.25, 0.3) is 0 Å². The summed E-state index contributed by atoms with van der Waals surface area (Å²) < 4.78 is 40.5. The first-order valence-corrected chi connectivity index (χ1v) is 9.65. The monoisotopic (exact) mass is 421 g/mol. The Hall–Kier alpha value is -3.17. The van der Waals surface area contributed by atoms with Gasteiger partial charge in [-0.15, -0.1) is 0 Å². The summed E-state index contributed by atoms with van der Waals surface area (Å²) in [5.74, 6) is -1.52. The van der Waals surface area contributed by atoms with Crippen LogP contribution in [0.4, 0.5) is 15.9 Å². The molecule has 7 nitrogen and oxygen atoms in total. The maximum absolute atomic E-state index is 13.0. The molecule has 0 unspecified atom stereocenters. The highest BCUT2D eigenvalue weighted by Gasteiger charge is 2.21. The number of pyridine rings is 1. The van der Waals surface area contributed by atoms with Crippen molar-refractivity contribution in [2.24, 2.45) is 0 Å². The van der Waals surface area contributed by atoms with Crippen molar-refractivity contribution < 1.29 is 22.7 Å². The fourth-order valence-electron chi connectivity index (χ4n) is 2.25. The minimum Gasteiger partial charge on any atom is -0.504 e. The highest BCUT2D eigenvalue weighted by molar-refractivity contribution is 7.92. The fraction of sp³-hybridized carbons (Fsp3) is 0. The molecule has 3 aromatic rings. The lowest BCUT2D eigenvalue weighted by molar-refractivity contribution is 0.102. The summed E-state index contributed by atoms with van der Waals surface area (Å²) >= 11 is 6.00. The predicted molar refractivity (Wildman–Crippen MR) is 103 cm³/mol.